The normalized spacial score (nSPS) is 19.0. The number of amides is 1. The molecule has 0 bridgehead atoms. The van der Waals surface area contributed by atoms with Gasteiger partial charge in [-0.25, -0.2) is 0 Å². The van der Waals surface area contributed by atoms with Gasteiger partial charge in [0.15, 0.2) is 0 Å². The minimum absolute atomic E-state index is 0.106. The fourth-order valence-corrected chi connectivity index (χ4v) is 2.77. The number of benzene rings is 1. The van der Waals surface area contributed by atoms with Gasteiger partial charge in [0.05, 0.1) is 18.3 Å². The Balaban J connectivity index is 2.38. The molecule has 0 saturated carbocycles. The summed E-state index contributed by atoms with van der Waals surface area (Å²) in [4.78, 5) is 11.4. The number of methoxy groups -OCH3 is 1. The van der Waals surface area contributed by atoms with Crippen molar-refractivity contribution in [2.75, 3.05) is 13.7 Å². The van der Waals surface area contributed by atoms with Crippen molar-refractivity contribution in [2.24, 2.45) is 0 Å². The van der Waals surface area contributed by atoms with Crippen LogP contribution in [0.25, 0.3) is 6.08 Å². The van der Waals surface area contributed by atoms with Gasteiger partial charge in [0.2, 0.25) is 5.91 Å². The molecule has 1 saturated heterocycles. The van der Waals surface area contributed by atoms with Gasteiger partial charge in [0.25, 0.3) is 0 Å². The molecule has 7 heteroatoms. The number of hydrogen-bond acceptors (Lipinski definition) is 4. The second-order valence-corrected chi connectivity index (χ2v) is 8.02. The highest BCUT2D eigenvalue weighted by molar-refractivity contribution is 9.10. The van der Waals surface area contributed by atoms with Crippen LogP contribution in [0.5, 0.6) is 5.75 Å². The van der Waals surface area contributed by atoms with Gasteiger partial charge < -0.3 is 19.4 Å². The number of ether oxygens (including phenoxy) is 1. The maximum atomic E-state index is 11.4. The first-order chi connectivity index (χ1) is 11.6. The molecular weight excluding hydrogens is 385 g/mol. The van der Waals surface area contributed by atoms with E-state index in [9.17, 15) is 4.79 Å². The van der Waals surface area contributed by atoms with Gasteiger partial charge in [-0.3, -0.25) is 4.79 Å². The van der Waals surface area contributed by atoms with E-state index in [1.165, 1.54) is 6.92 Å². The van der Waals surface area contributed by atoms with Crippen LogP contribution in [0.3, 0.4) is 0 Å². The Bertz CT molecular complexity index is 672. The summed E-state index contributed by atoms with van der Waals surface area (Å²) < 4.78 is 18.7. The van der Waals surface area contributed by atoms with Crippen LogP contribution >= 0.6 is 15.9 Å². The standard InChI is InChI=1S/C18H25BBrNO4/c1-12(22)21-11-14(19-24-17(2,3)18(4,5)25-19)9-13-7-8-15(20)10-16(13)23-6/h7-10H,11H2,1-6H3,(H,21,22). The molecular formula is C18H25BBrNO4. The first-order valence-corrected chi connectivity index (χ1v) is 8.99. The smallest absolute Gasteiger partial charge is 0.492 e. The van der Waals surface area contributed by atoms with Crippen LogP contribution in [0.2, 0.25) is 0 Å². The molecule has 2 rings (SSSR count). The van der Waals surface area contributed by atoms with Crippen molar-refractivity contribution in [3.8, 4) is 5.75 Å². The summed E-state index contributed by atoms with van der Waals surface area (Å²) >= 11 is 3.44. The van der Waals surface area contributed by atoms with Gasteiger partial charge in [0, 0.05) is 23.5 Å². The summed E-state index contributed by atoms with van der Waals surface area (Å²) in [7, 11) is 1.09. The molecule has 5 nitrogen and oxygen atoms in total. The third-order valence-corrected chi connectivity index (χ3v) is 5.13. The topological polar surface area (TPSA) is 56.8 Å². The van der Waals surface area contributed by atoms with E-state index in [4.69, 9.17) is 14.0 Å². The lowest BCUT2D eigenvalue weighted by Gasteiger charge is -2.32. The largest absolute Gasteiger partial charge is 0.496 e. The van der Waals surface area contributed by atoms with E-state index >= 15 is 0 Å². The minimum Gasteiger partial charge on any atom is -0.496 e. The molecule has 136 valence electrons. The number of halogens is 1. The van der Waals surface area contributed by atoms with Crippen LogP contribution in [-0.4, -0.2) is 37.9 Å². The molecule has 1 heterocycles. The number of carbonyl (C=O) groups excluding carboxylic acids is 1. The van der Waals surface area contributed by atoms with Gasteiger partial charge in [-0.05, 0) is 45.3 Å². The zero-order valence-corrected chi connectivity index (χ0v) is 17.2. The van der Waals surface area contributed by atoms with Crippen molar-refractivity contribution in [1.82, 2.24) is 5.32 Å². The molecule has 0 unspecified atom stereocenters. The second-order valence-electron chi connectivity index (χ2n) is 7.10. The summed E-state index contributed by atoms with van der Waals surface area (Å²) in [6.07, 6.45) is 1.95. The Morgan fingerprint density at radius 1 is 1.28 bits per heavy atom. The average Bonchev–Trinajstić information content (AvgIpc) is 2.72. The molecule has 0 aliphatic carbocycles. The van der Waals surface area contributed by atoms with E-state index in [-0.39, 0.29) is 5.91 Å². The minimum atomic E-state index is -0.537. The van der Waals surface area contributed by atoms with Crippen LogP contribution < -0.4 is 10.1 Å². The number of nitrogens with one attached hydrogen (secondary N) is 1. The van der Waals surface area contributed by atoms with Gasteiger partial charge in [-0.15, -0.1) is 0 Å². The lowest BCUT2D eigenvalue weighted by Crippen LogP contribution is -2.41. The molecule has 25 heavy (non-hydrogen) atoms. The first kappa shape index (κ1) is 20.0. The fourth-order valence-electron chi connectivity index (χ4n) is 2.43. The molecule has 0 radical (unpaired) electrons. The molecule has 0 spiro atoms. The first-order valence-electron chi connectivity index (χ1n) is 8.20. The highest BCUT2D eigenvalue weighted by atomic mass is 79.9. The third-order valence-electron chi connectivity index (χ3n) is 4.63. The quantitative estimate of drug-likeness (QED) is 0.754. The van der Waals surface area contributed by atoms with Crippen molar-refractivity contribution in [1.29, 1.82) is 0 Å². The summed E-state index contributed by atoms with van der Waals surface area (Å²) in [6, 6.07) is 5.78. The summed E-state index contributed by atoms with van der Waals surface area (Å²) in [6.45, 7) is 9.84. The predicted octanol–water partition coefficient (Wildman–Crippen LogP) is 3.61. The third kappa shape index (κ3) is 4.66. The lowest BCUT2D eigenvalue weighted by atomic mass is 9.77. The van der Waals surface area contributed by atoms with Crippen LogP contribution in [0.4, 0.5) is 0 Å². The van der Waals surface area contributed by atoms with E-state index in [0.29, 0.717) is 6.54 Å². The SMILES string of the molecule is COc1cc(Br)ccc1C=C(CNC(C)=O)B1OC(C)(C)C(C)(C)O1. The number of hydrogen-bond donors (Lipinski definition) is 1. The maximum absolute atomic E-state index is 11.4. The molecule has 1 amide bonds. The maximum Gasteiger partial charge on any atom is 0.492 e. The van der Waals surface area contributed by atoms with E-state index < -0.39 is 18.3 Å². The molecule has 0 atom stereocenters. The summed E-state index contributed by atoms with van der Waals surface area (Å²) in [5.41, 5.74) is 0.823. The highest BCUT2D eigenvalue weighted by Crippen LogP contribution is 2.39. The molecule has 1 N–H and O–H groups in total. The Hall–Kier alpha value is -1.31. The zero-order chi connectivity index (χ0) is 18.8. The highest BCUT2D eigenvalue weighted by Gasteiger charge is 2.52. The van der Waals surface area contributed by atoms with Crippen molar-refractivity contribution >= 4 is 35.0 Å². The van der Waals surface area contributed by atoms with E-state index in [1.54, 1.807) is 7.11 Å². The van der Waals surface area contributed by atoms with Crippen LogP contribution in [0.1, 0.15) is 40.2 Å². The Morgan fingerprint density at radius 2 is 1.88 bits per heavy atom. The van der Waals surface area contributed by atoms with Crippen LogP contribution in [0, 0.1) is 0 Å². The predicted molar refractivity (Wildman–Crippen MR) is 103 cm³/mol. The molecule has 1 fully saturated rings. The average molecular weight is 410 g/mol. The molecule has 0 aromatic heterocycles. The van der Waals surface area contributed by atoms with Crippen molar-refractivity contribution in [2.45, 2.75) is 45.8 Å². The van der Waals surface area contributed by atoms with Crippen molar-refractivity contribution in [3.05, 3.63) is 33.7 Å². The fraction of sp³-hybridized carbons (Fsp3) is 0.500. The summed E-state index contributed by atoms with van der Waals surface area (Å²) in [5, 5.41) is 2.83. The van der Waals surface area contributed by atoms with Crippen molar-refractivity contribution in [3.63, 3.8) is 0 Å². The van der Waals surface area contributed by atoms with E-state index in [2.05, 4.69) is 21.2 Å². The number of carbonyl (C=O) groups is 1. The second kappa shape index (κ2) is 7.52. The molecule has 1 aliphatic rings. The van der Waals surface area contributed by atoms with Gasteiger partial charge in [-0.1, -0.05) is 28.1 Å². The number of rotatable bonds is 5. The van der Waals surface area contributed by atoms with E-state index in [0.717, 1.165) is 21.3 Å². The van der Waals surface area contributed by atoms with Crippen molar-refractivity contribution < 1.29 is 18.8 Å². The lowest BCUT2D eigenvalue weighted by molar-refractivity contribution is -0.118. The Morgan fingerprint density at radius 3 is 2.40 bits per heavy atom. The summed E-state index contributed by atoms with van der Waals surface area (Å²) in [5.74, 6) is 0.622. The van der Waals surface area contributed by atoms with Gasteiger partial charge in [0.1, 0.15) is 5.75 Å². The van der Waals surface area contributed by atoms with Gasteiger partial charge >= 0.3 is 7.12 Å². The molecule has 1 aromatic rings. The zero-order valence-electron chi connectivity index (χ0n) is 15.6. The van der Waals surface area contributed by atoms with Crippen LogP contribution in [0.15, 0.2) is 28.1 Å². The molecule has 1 aromatic carbocycles. The monoisotopic (exact) mass is 409 g/mol. The van der Waals surface area contributed by atoms with Crippen LogP contribution in [-0.2, 0) is 14.1 Å². The van der Waals surface area contributed by atoms with Gasteiger partial charge in [-0.2, -0.15) is 0 Å². The van der Waals surface area contributed by atoms with E-state index in [1.807, 2.05) is 52.0 Å². The Kier molecular flexibility index (Phi) is 6.02. The Labute approximate surface area is 158 Å². The molecule has 1 aliphatic heterocycles.